The Morgan fingerprint density at radius 1 is 1.25 bits per heavy atom. The Morgan fingerprint density at radius 3 is 2.30 bits per heavy atom. The highest BCUT2D eigenvalue weighted by Crippen LogP contribution is 2.22. The van der Waals surface area contributed by atoms with Gasteiger partial charge in [0.2, 0.25) is 0 Å². The Kier molecular flexibility index (Phi) is 6.87. The molecule has 112 valence electrons. The van der Waals surface area contributed by atoms with Crippen molar-refractivity contribution in [2.75, 3.05) is 27.3 Å². The van der Waals surface area contributed by atoms with E-state index >= 15 is 0 Å². The first-order valence-electron chi connectivity index (χ1n) is 6.85. The molecule has 0 aromatic heterocycles. The van der Waals surface area contributed by atoms with Crippen molar-refractivity contribution < 1.29 is 14.3 Å². The Bertz CT molecular complexity index is 413. The van der Waals surface area contributed by atoms with Crippen LogP contribution >= 0.6 is 0 Å². The highest BCUT2D eigenvalue weighted by atomic mass is 16.5. The zero-order valence-corrected chi connectivity index (χ0v) is 12.4. The van der Waals surface area contributed by atoms with Gasteiger partial charge in [0.1, 0.15) is 11.5 Å². The molecule has 1 atom stereocenters. The average molecular weight is 280 g/mol. The van der Waals surface area contributed by atoms with Crippen LogP contribution in [0.25, 0.3) is 0 Å². The van der Waals surface area contributed by atoms with Crippen LogP contribution in [-0.4, -0.2) is 33.2 Å². The molecule has 1 amide bonds. The van der Waals surface area contributed by atoms with Crippen LogP contribution in [0.3, 0.4) is 0 Å². The number of nitrogens with two attached hydrogens (primary N) is 1. The second kappa shape index (κ2) is 8.43. The predicted octanol–water partition coefficient (Wildman–Crippen LogP) is 1.81. The summed E-state index contributed by atoms with van der Waals surface area (Å²) in [6, 6.07) is 5.13. The topological polar surface area (TPSA) is 73.6 Å². The van der Waals surface area contributed by atoms with E-state index in [2.05, 4.69) is 12.2 Å². The normalized spacial score (nSPS) is 11.8. The lowest BCUT2D eigenvalue weighted by atomic mass is 10.0. The summed E-state index contributed by atoms with van der Waals surface area (Å²) in [6.07, 6.45) is 1.91. The van der Waals surface area contributed by atoms with Crippen LogP contribution < -0.4 is 20.5 Å². The smallest absolute Gasteiger partial charge is 0.251 e. The molecule has 0 saturated heterocycles. The maximum atomic E-state index is 12.2. The van der Waals surface area contributed by atoms with Gasteiger partial charge >= 0.3 is 0 Å². The highest BCUT2D eigenvalue weighted by Gasteiger charge is 2.12. The number of methoxy groups -OCH3 is 2. The molecule has 0 aliphatic rings. The van der Waals surface area contributed by atoms with Crippen LogP contribution in [0.4, 0.5) is 0 Å². The van der Waals surface area contributed by atoms with Crippen LogP contribution in [0, 0.1) is 5.92 Å². The maximum Gasteiger partial charge on any atom is 0.251 e. The Hall–Kier alpha value is -1.75. The molecule has 5 nitrogen and oxygen atoms in total. The SMILES string of the molecule is CCC(CCN)CNC(=O)c1cc(OC)cc(OC)c1. The second-order valence-corrected chi connectivity index (χ2v) is 4.66. The molecular formula is C15H24N2O3. The zero-order chi connectivity index (χ0) is 15.0. The molecule has 0 bridgehead atoms. The van der Waals surface area contributed by atoms with Gasteiger partial charge in [-0.15, -0.1) is 0 Å². The molecular weight excluding hydrogens is 256 g/mol. The summed E-state index contributed by atoms with van der Waals surface area (Å²) >= 11 is 0. The van der Waals surface area contributed by atoms with Gasteiger partial charge in [-0.25, -0.2) is 0 Å². The standard InChI is InChI=1S/C15H24N2O3/c1-4-11(5-6-16)10-17-15(18)12-7-13(19-2)9-14(8-12)20-3/h7-9,11H,4-6,10,16H2,1-3H3,(H,17,18). The van der Waals surface area contributed by atoms with E-state index in [0.717, 1.165) is 12.8 Å². The molecule has 3 N–H and O–H groups in total. The molecule has 0 aliphatic carbocycles. The van der Waals surface area contributed by atoms with E-state index in [-0.39, 0.29) is 5.91 Å². The summed E-state index contributed by atoms with van der Waals surface area (Å²) < 4.78 is 10.3. The van der Waals surface area contributed by atoms with Gasteiger partial charge in [-0.05, 0) is 31.0 Å². The first-order valence-corrected chi connectivity index (χ1v) is 6.85. The third-order valence-corrected chi connectivity index (χ3v) is 3.32. The molecule has 0 spiro atoms. The van der Waals surface area contributed by atoms with Crippen molar-refractivity contribution in [3.8, 4) is 11.5 Å². The van der Waals surface area contributed by atoms with E-state index in [1.54, 1.807) is 32.4 Å². The fourth-order valence-electron chi connectivity index (χ4n) is 1.96. The van der Waals surface area contributed by atoms with Gasteiger partial charge in [-0.2, -0.15) is 0 Å². The maximum absolute atomic E-state index is 12.2. The lowest BCUT2D eigenvalue weighted by molar-refractivity contribution is 0.0945. The van der Waals surface area contributed by atoms with Crippen LogP contribution in [0.5, 0.6) is 11.5 Å². The molecule has 0 aliphatic heterocycles. The van der Waals surface area contributed by atoms with Crippen LogP contribution in [-0.2, 0) is 0 Å². The lowest BCUT2D eigenvalue weighted by Gasteiger charge is -2.15. The third kappa shape index (κ3) is 4.74. The van der Waals surface area contributed by atoms with E-state index < -0.39 is 0 Å². The van der Waals surface area contributed by atoms with Crippen molar-refractivity contribution in [1.29, 1.82) is 0 Å². The number of carbonyl (C=O) groups excluding carboxylic acids is 1. The quantitative estimate of drug-likeness (QED) is 0.761. The van der Waals surface area contributed by atoms with Crippen LogP contribution in [0.2, 0.25) is 0 Å². The fraction of sp³-hybridized carbons (Fsp3) is 0.533. The monoisotopic (exact) mass is 280 g/mol. The predicted molar refractivity (Wildman–Crippen MR) is 79.3 cm³/mol. The van der Waals surface area contributed by atoms with Crippen molar-refractivity contribution in [1.82, 2.24) is 5.32 Å². The van der Waals surface area contributed by atoms with E-state index in [1.165, 1.54) is 0 Å². The van der Waals surface area contributed by atoms with Crippen molar-refractivity contribution in [3.63, 3.8) is 0 Å². The van der Waals surface area contributed by atoms with E-state index in [0.29, 0.717) is 36.1 Å². The number of carbonyl (C=O) groups is 1. The Balaban J connectivity index is 2.71. The number of benzene rings is 1. The molecule has 0 radical (unpaired) electrons. The number of rotatable bonds is 8. The van der Waals surface area contributed by atoms with Crippen molar-refractivity contribution in [2.45, 2.75) is 19.8 Å². The van der Waals surface area contributed by atoms with Crippen molar-refractivity contribution in [2.24, 2.45) is 11.7 Å². The van der Waals surface area contributed by atoms with Crippen molar-refractivity contribution >= 4 is 5.91 Å². The molecule has 20 heavy (non-hydrogen) atoms. The lowest BCUT2D eigenvalue weighted by Crippen LogP contribution is -2.30. The molecule has 0 fully saturated rings. The summed E-state index contributed by atoms with van der Waals surface area (Å²) in [7, 11) is 3.12. The highest BCUT2D eigenvalue weighted by molar-refractivity contribution is 5.95. The molecule has 1 aromatic rings. The minimum Gasteiger partial charge on any atom is -0.497 e. The van der Waals surface area contributed by atoms with Crippen LogP contribution in [0.1, 0.15) is 30.1 Å². The summed E-state index contributed by atoms with van der Waals surface area (Å²) in [5.41, 5.74) is 6.08. The minimum absolute atomic E-state index is 0.127. The van der Waals surface area contributed by atoms with E-state index in [9.17, 15) is 4.79 Å². The summed E-state index contributed by atoms with van der Waals surface area (Å²) in [5.74, 6) is 1.49. The number of ether oxygens (including phenoxy) is 2. The molecule has 0 saturated carbocycles. The molecule has 5 heteroatoms. The van der Waals surface area contributed by atoms with Gasteiger partial charge in [0, 0.05) is 18.2 Å². The van der Waals surface area contributed by atoms with Gasteiger partial charge in [0.15, 0.2) is 0 Å². The van der Waals surface area contributed by atoms with E-state index in [1.807, 2.05) is 0 Å². The number of hydrogen-bond acceptors (Lipinski definition) is 4. The van der Waals surface area contributed by atoms with Gasteiger partial charge in [0.05, 0.1) is 14.2 Å². The van der Waals surface area contributed by atoms with Gasteiger partial charge in [-0.3, -0.25) is 4.79 Å². The molecule has 0 heterocycles. The van der Waals surface area contributed by atoms with Crippen molar-refractivity contribution in [3.05, 3.63) is 23.8 Å². The average Bonchev–Trinajstić information content (AvgIpc) is 2.50. The first-order chi connectivity index (χ1) is 9.64. The van der Waals surface area contributed by atoms with Crippen LogP contribution in [0.15, 0.2) is 18.2 Å². The van der Waals surface area contributed by atoms with E-state index in [4.69, 9.17) is 15.2 Å². The zero-order valence-electron chi connectivity index (χ0n) is 12.4. The second-order valence-electron chi connectivity index (χ2n) is 4.66. The summed E-state index contributed by atoms with van der Waals surface area (Å²) in [5, 5.41) is 2.93. The largest absolute Gasteiger partial charge is 0.497 e. The van der Waals surface area contributed by atoms with Gasteiger partial charge in [0.25, 0.3) is 5.91 Å². The molecule has 1 unspecified atom stereocenters. The number of nitrogens with one attached hydrogen (secondary N) is 1. The summed E-state index contributed by atoms with van der Waals surface area (Å²) in [6.45, 7) is 3.37. The Labute approximate surface area is 120 Å². The summed E-state index contributed by atoms with van der Waals surface area (Å²) in [4.78, 5) is 12.2. The Morgan fingerprint density at radius 2 is 1.85 bits per heavy atom. The molecule has 1 rings (SSSR count). The fourth-order valence-corrected chi connectivity index (χ4v) is 1.96. The van der Waals surface area contributed by atoms with Gasteiger partial charge in [-0.1, -0.05) is 13.3 Å². The number of hydrogen-bond donors (Lipinski definition) is 2. The number of amides is 1. The first kappa shape index (κ1) is 16.3. The third-order valence-electron chi connectivity index (χ3n) is 3.32. The van der Waals surface area contributed by atoms with Gasteiger partial charge < -0.3 is 20.5 Å². The molecule has 1 aromatic carbocycles. The minimum atomic E-state index is -0.127.